The molecule has 1 heterocycles. The Kier molecular flexibility index (Phi) is 4.14. The van der Waals surface area contributed by atoms with Crippen LogP contribution in [0.4, 0.5) is 8.78 Å². The van der Waals surface area contributed by atoms with Gasteiger partial charge in [-0.15, -0.1) is 0 Å². The number of alkyl halides is 2. The average Bonchev–Trinajstić information content (AvgIpc) is 3.05. The largest absolute Gasteiger partial charge is 0.444 e. The van der Waals surface area contributed by atoms with Crippen LogP contribution in [-0.4, -0.2) is 17.9 Å². The van der Waals surface area contributed by atoms with Gasteiger partial charge in [-0.1, -0.05) is 30.3 Å². The van der Waals surface area contributed by atoms with Gasteiger partial charge in [0.05, 0.1) is 5.56 Å². The van der Waals surface area contributed by atoms with E-state index in [1.54, 1.807) is 6.07 Å². The molecule has 0 aliphatic rings. The van der Waals surface area contributed by atoms with Crippen molar-refractivity contribution < 1.29 is 22.7 Å². The molecular weight excluding hydrogens is 304 g/mol. The molecule has 0 aliphatic heterocycles. The van der Waals surface area contributed by atoms with Gasteiger partial charge in [-0.25, -0.2) is 4.98 Å². The molecule has 0 unspecified atom stereocenters. The van der Waals surface area contributed by atoms with Crippen LogP contribution in [0.25, 0.3) is 22.7 Å². The van der Waals surface area contributed by atoms with Gasteiger partial charge in [-0.2, -0.15) is 8.78 Å². The Morgan fingerprint density at radius 1 is 1.09 bits per heavy atom. The van der Waals surface area contributed by atoms with Crippen molar-refractivity contribution in [3.8, 4) is 28.5 Å². The van der Waals surface area contributed by atoms with Crippen molar-refractivity contribution in [1.29, 1.82) is 0 Å². The molecule has 0 saturated heterocycles. The van der Waals surface area contributed by atoms with Crippen molar-refractivity contribution in [3.05, 3.63) is 60.4 Å². The molecule has 0 radical (unpaired) electrons. The first kappa shape index (κ1) is 14.9. The molecule has 0 spiro atoms. The van der Waals surface area contributed by atoms with Crippen molar-refractivity contribution in [2.45, 2.75) is 6.61 Å². The number of oxazole rings is 1. The lowest BCUT2D eigenvalue weighted by atomic mass is 10.1. The van der Waals surface area contributed by atoms with Gasteiger partial charge < -0.3 is 9.15 Å². The van der Waals surface area contributed by atoms with Crippen LogP contribution in [0, 0.1) is 0 Å². The van der Waals surface area contributed by atoms with E-state index in [0.717, 1.165) is 5.56 Å². The zero-order valence-electron chi connectivity index (χ0n) is 11.8. The number of ether oxygens (including phenoxy) is 1. The van der Waals surface area contributed by atoms with E-state index in [1.807, 2.05) is 30.3 Å². The van der Waals surface area contributed by atoms with Crippen molar-refractivity contribution >= 4 is 6.29 Å². The van der Waals surface area contributed by atoms with E-state index in [4.69, 9.17) is 4.42 Å². The zero-order chi connectivity index (χ0) is 16.2. The highest BCUT2D eigenvalue weighted by Crippen LogP contribution is 2.29. The van der Waals surface area contributed by atoms with Crippen LogP contribution in [-0.2, 0) is 0 Å². The van der Waals surface area contributed by atoms with E-state index in [9.17, 15) is 13.6 Å². The Bertz CT molecular complexity index is 816. The number of hydrogen-bond acceptors (Lipinski definition) is 4. The Morgan fingerprint density at radius 3 is 2.57 bits per heavy atom. The number of rotatable bonds is 5. The summed E-state index contributed by atoms with van der Waals surface area (Å²) >= 11 is 0. The molecule has 4 nitrogen and oxygen atoms in total. The third-order valence-corrected chi connectivity index (χ3v) is 3.18. The quantitative estimate of drug-likeness (QED) is 0.654. The number of benzene rings is 2. The number of carbonyl (C=O) groups is 1. The monoisotopic (exact) mass is 315 g/mol. The summed E-state index contributed by atoms with van der Waals surface area (Å²) in [5.74, 6) is 0.0346. The van der Waals surface area contributed by atoms with Crippen LogP contribution < -0.4 is 4.74 Å². The number of aldehydes is 1. The van der Waals surface area contributed by atoms with Gasteiger partial charge >= 0.3 is 6.61 Å². The molecule has 116 valence electrons. The summed E-state index contributed by atoms with van der Waals surface area (Å²) in [6.45, 7) is -3.02. The van der Waals surface area contributed by atoms with Crippen LogP contribution >= 0.6 is 0 Å². The van der Waals surface area contributed by atoms with Gasteiger partial charge in [0.1, 0.15) is 17.7 Å². The van der Waals surface area contributed by atoms with Gasteiger partial charge in [-0.05, 0) is 18.2 Å². The Balaban J connectivity index is 1.96. The zero-order valence-corrected chi connectivity index (χ0v) is 11.8. The second-order valence-electron chi connectivity index (χ2n) is 4.65. The van der Waals surface area contributed by atoms with Crippen molar-refractivity contribution in [2.75, 3.05) is 0 Å². The van der Waals surface area contributed by atoms with Crippen molar-refractivity contribution in [1.82, 2.24) is 4.98 Å². The van der Waals surface area contributed by atoms with Gasteiger partial charge in [0, 0.05) is 11.1 Å². The number of aromatic nitrogens is 1. The smallest absolute Gasteiger partial charge is 0.387 e. The fourth-order valence-corrected chi connectivity index (χ4v) is 2.11. The first-order chi connectivity index (χ1) is 11.2. The molecule has 0 saturated carbocycles. The summed E-state index contributed by atoms with van der Waals surface area (Å²) < 4.78 is 34.6. The molecule has 0 fully saturated rings. The molecule has 0 amide bonds. The summed E-state index contributed by atoms with van der Waals surface area (Å²) in [4.78, 5) is 15.2. The first-order valence-corrected chi connectivity index (χ1v) is 6.73. The van der Waals surface area contributed by atoms with Crippen LogP contribution in [0.15, 0.2) is 59.2 Å². The minimum atomic E-state index is -3.02. The molecule has 1 aromatic heterocycles. The molecule has 0 atom stereocenters. The van der Waals surface area contributed by atoms with E-state index in [1.165, 1.54) is 18.4 Å². The number of halogens is 2. The van der Waals surface area contributed by atoms with E-state index in [2.05, 4.69) is 9.72 Å². The second-order valence-corrected chi connectivity index (χ2v) is 4.65. The Morgan fingerprint density at radius 2 is 1.87 bits per heavy atom. The normalized spacial score (nSPS) is 10.7. The second kappa shape index (κ2) is 6.39. The Hall–Kier alpha value is -3.02. The lowest BCUT2D eigenvalue weighted by molar-refractivity contribution is -0.0500. The predicted molar refractivity (Wildman–Crippen MR) is 79.4 cm³/mol. The fourth-order valence-electron chi connectivity index (χ4n) is 2.11. The molecule has 3 aromatic rings. The number of carbonyl (C=O) groups excluding carboxylic acids is 1. The summed E-state index contributed by atoms with van der Waals surface area (Å²) in [6, 6.07) is 13.6. The topological polar surface area (TPSA) is 52.3 Å². The fraction of sp³-hybridized carbons (Fsp3) is 0.0588. The molecule has 0 bridgehead atoms. The molecule has 0 N–H and O–H groups in total. The molecule has 3 rings (SSSR count). The maximum atomic E-state index is 12.4. The summed E-state index contributed by atoms with van der Waals surface area (Å²) in [5.41, 5.74) is 1.96. The van der Waals surface area contributed by atoms with Crippen molar-refractivity contribution in [2.24, 2.45) is 0 Å². The van der Waals surface area contributed by atoms with E-state index < -0.39 is 6.61 Å². The number of hydrogen-bond donors (Lipinski definition) is 0. The summed E-state index contributed by atoms with van der Waals surface area (Å²) in [5, 5.41) is 0. The van der Waals surface area contributed by atoms with Gasteiger partial charge in [0.2, 0.25) is 5.89 Å². The molecule has 0 aliphatic carbocycles. The first-order valence-electron chi connectivity index (χ1n) is 6.73. The maximum Gasteiger partial charge on any atom is 0.387 e. The maximum absolute atomic E-state index is 12.4. The lowest BCUT2D eigenvalue weighted by Gasteiger charge is -2.07. The highest BCUT2D eigenvalue weighted by atomic mass is 19.3. The van der Waals surface area contributed by atoms with Crippen LogP contribution in [0.2, 0.25) is 0 Å². The average molecular weight is 315 g/mol. The highest BCUT2D eigenvalue weighted by molar-refractivity contribution is 5.81. The summed E-state index contributed by atoms with van der Waals surface area (Å²) in [7, 11) is 0. The van der Waals surface area contributed by atoms with Gasteiger partial charge in [0.25, 0.3) is 0 Å². The molecule has 2 aromatic carbocycles. The van der Waals surface area contributed by atoms with Crippen LogP contribution in [0.3, 0.4) is 0 Å². The van der Waals surface area contributed by atoms with Gasteiger partial charge in [-0.3, -0.25) is 4.79 Å². The highest BCUT2D eigenvalue weighted by Gasteiger charge is 2.14. The standard InChI is InChI=1S/C17H11F2NO3/c18-17(19)23-15-8-12(6-7-13(15)9-21)16-20-14(10-22-16)11-4-2-1-3-5-11/h1-10,17H. The minimum absolute atomic E-state index is 0.0314. The minimum Gasteiger partial charge on any atom is -0.444 e. The van der Waals surface area contributed by atoms with E-state index in [0.29, 0.717) is 17.5 Å². The van der Waals surface area contributed by atoms with E-state index >= 15 is 0 Å². The van der Waals surface area contributed by atoms with Crippen molar-refractivity contribution in [3.63, 3.8) is 0 Å². The van der Waals surface area contributed by atoms with E-state index in [-0.39, 0.29) is 17.2 Å². The third kappa shape index (κ3) is 3.26. The number of nitrogens with zero attached hydrogens (tertiary/aromatic N) is 1. The lowest BCUT2D eigenvalue weighted by Crippen LogP contribution is -2.04. The third-order valence-electron chi connectivity index (χ3n) is 3.18. The van der Waals surface area contributed by atoms with Crippen LogP contribution in [0.5, 0.6) is 5.75 Å². The molecule has 23 heavy (non-hydrogen) atoms. The molecule has 6 heteroatoms. The SMILES string of the molecule is O=Cc1ccc(-c2nc(-c3ccccc3)co2)cc1OC(F)F. The molecular formula is C17H11F2NO3. The predicted octanol–water partition coefficient (Wildman–Crippen LogP) is 4.42. The van der Waals surface area contributed by atoms with Crippen LogP contribution in [0.1, 0.15) is 10.4 Å². The Labute approximate surface area is 130 Å². The van der Waals surface area contributed by atoms with Gasteiger partial charge in [0.15, 0.2) is 6.29 Å². The summed E-state index contributed by atoms with van der Waals surface area (Å²) in [6.07, 6.45) is 1.93.